The van der Waals surface area contributed by atoms with Crippen LogP contribution >= 0.6 is 11.8 Å². The number of ether oxygens (including phenoxy) is 1. The van der Waals surface area contributed by atoms with E-state index in [-0.39, 0.29) is 11.8 Å². The highest BCUT2D eigenvalue weighted by molar-refractivity contribution is 8.14. The Kier molecular flexibility index (Phi) is 6.37. The van der Waals surface area contributed by atoms with Crippen LogP contribution in [0.3, 0.4) is 0 Å². The molecule has 1 fully saturated rings. The van der Waals surface area contributed by atoms with Crippen molar-refractivity contribution in [2.45, 2.75) is 62.1 Å². The van der Waals surface area contributed by atoms with Crippen LogP contribution in [0.5, 0.6) is 0 Å². The maximum atomic E-state index is 12.4. The number of ketones is 4. The van der Waals surface area contributed by atoms with Crippen LogP contribution in [0, 0.1) is 5.41 Å². The van der Waals surface area contributed by atoms with Crippen molar-refractivity contribution in [1.82, 2.24) is 0 Å². The van der Waals surface area contributed by atoms with Crippen molar-refractivity contribution in [1.29, 1.82) is 5.41 Å². The summed E-state index contributed by atoms with van der Waals surface area (Å²) in [6, 6.07) is 0. The Morgan fingerprint density at radius 3 is 1.78 bits per heavy atom. The fourth-order valence-corrected chi connectivity index (χ4v) is 3.99. The van der Waals surface area contributed by atoms with Gasteiger partial charge in [-0.15, -0.1) is 0 Å². The molecule has 27 heavy (non-hydrogen) atoms. The van der Waals surface area contributed by atoms with Crippen LogP contribution in [0.1, 0.15) is 27.7 Å². The van der Waals surface area contributed by atoms with Gasteiger partial charge in [-0.2, -0.15) is 0 Å². The Hall–Kier alpha value is -1.70. The molecule has 1 saturated heterocycles. The third kappa shape index (κ3) is 3.11. The summed E-state index contributed by atoms with van der Waals surface area (Å²) >= 11 is 0.175. The van der Waals surface area contributed by atoms with Gasteiger partial charge in [0.25, 0.3) is 0 Å². The Morgan fingerprint density at radius 2 is 1.48 bits per heavy atom. The lowest BCUT2D eigenvalue weighted by molar-refractivity contribution is -0.297. The van der Waals surface area contributed by atoms with Gasteiger partial charge in [-0.05, 0) is 27.7 Å². The first-order valence-electron chi connectivity index (χ1n) is 7.68. The Labute approximate surface area is 158 Å². The molecule has 12 heteroatoms. The van der Waals surface area contributed by atoms with E-state index in [1.165, 1.54) is 0 Å². The average molecular weight is 406 g/mol. The van der Waals surface area contributed by atoms with Crippen LogP contribution < -0.4 is 5.73 Å². The molecule has 6 atom stereocenters. The molecular weight excluding hydrogens is 384 g/mol. The zero-order valence-electron chi connectivity index (χ0n) is 15.0. The maximum absolute atomic E-state index is 12.4. The number of aliphatic hydroxyl groups is 4. The molecule has 0 spiro atoms. The summed E-state index contributed by atoms with van der Waals surface area (Å²) in [5.74, 6) is -5.38. The summed E-state index contributed by atoms with van der Waals surface area (Å²) in [5.41, 5.74) is -6.96. The number of amidine groups is 1. The molecule has 0 aliphatic carbocycles. The van der Waals surface area contributed by atoms with E-state index in [1.54, 1.807) is 0 Å². The average Bonchev–Trinajstić information content (AvgIpc) is 2.53. The molecule has 0 aromatic rings. The lowest BCUT2D eigenvalue weighted by Gasteiger charge is -2.57. The third-order valence-corrected chi connectivity index (χ3v) is 5.49. The lowest BCUT2D eigenvalue weighted by Crippen LogP contribution is -2.86. The van der Waals surface area contributed by atoms with Crippen molar-refractivity contribution in [3.8, 4) is 0 Å². The largest absolute Gasteiger partial charge is 0.386 e. The van der Waals surface area contributed by atoms with Crippen LogP contribution in [0.15, 0.2) is 0 Å². The maximum Gasteiger partial charge on any atom is 0.201 e. The number of thioether (sulfide) groups is 1. The summed E-state index contributed by atoms with van der Waals surface area (Å²) < 4.78 is 5.20. The standard InChI is InChI=1S/C15H22N2O9S/c1-5(18)9(22)10-13(23,6(2)19)15(25,8(4)21)14(24,7(3)20)11(26-10)27-12(16)17/h5,10-11,18,23-25H,1-4H3,(H3,16,17)/t5?,10-,11+,13+,14+,15+/m1/s1. The second-order valence-corrected chi connectivity index (χ2v) is 7.42. The number of hydrogen-bond acceptors (Lipinski definition) is 11. The van der Waals surface area contributed by atoms with Gasteiger partial charge in [0, 0.05) is 0 Å². The smallest absolute Gasteiger partial charge is 0.201 e. The van der Waals surface area contributed by atoms with E-state index in [0.717, 1.165) is 13.8 Å². The topological polar surface area (TPSA) is 208 Å². The van der Waals surface area contributed by atoms with Gasteiger partial charge in [0.05, 0.1) is 0 Å². The van der Waals surface area contributed by atoms with E-state index in [4.69, 9.17) is 15.9 Å². The minimum absolute atomic E-state index is 0.175. The fraction of sp³-hybridized carbons (Fsp3) is 0.667. The minimum atomic E-state index is -3.53. The van der Waals surface area contributed by atoms with E-state index in [9.17, 15) is 39.6 Å². The van der Waals surface area contributed by atoms with E-state index in [1.807, 2.05) is 0 Å². The molecule has 11 nitrogen and oxygen atoms in total. The van der Waals surface area contributed by atoms with Gasteiger partial charge in [-0.1, -0.05) is 11.8 Å². The molecule has 0 amide bonds. The second kappa shape index (κ2) is 7.37. The Bertz CT molecular complexity index is 711. The predicted molar refractivity (Wildman–Crippen MR) is 91.7 cm³/mol. The van der Waals surface area contributed by atoms with Gasteiger partial charge in [0.15, 0.2) is 51.0 Å². The molecule has 0 bridgehead atoms. The van der Waals surface area contributed by atoms with Crippen molar-refractivity contribution < 1.29 is 44.3 Å². The van der Waals surface area contributed by atoms with Crippen molar-refractivity contribution in [2.75, 3.05) is 0 Å². The first-order valence-corrected chi connectivity index (χ1v) is 8.56. The molecule has 7 N–H and O–H groups in total. The number of carbonyl (C=O) groups is 4. The molecule has 0 aromatic carbocycles. The summed E-state index contributed by atoms with van der Waals surface area (Å²) in [6.45, 7) is 3.13. The lowest BCUT2D eigenvalue weighted by atomic mass is 9.60. The molecule has 1 aliphatic heterocycles. The molecule has 152 valence electrons. The van der Waals surface area contributed by atoms with E-state index in [0.29, 0.717) is 13.8 Å². The molecular formula is C15H22N2O9S. The van der Waals surface area contributed by atoms with Crippen molar-refractivity contribution in [2.24, 2.45) is 5.73 Å². The van der Waals surface area contributed by atoms with Crippen molar-refractivity contribution >= 4 is 40.1 Å². The Morgan fingerprint density at radius 1 is 1.04 bits per heavy atom. The Balaban J connectivity index is 3.95. The number of nitrogens with two attached hydrogens (primary N) is 1. The highest BCUT2D eigenvalue weighted by Crippen LogP contribution is 2.49. The van der Waals surface area contributed by atoms with Crippen molar-refractivity contribution in [3.63, 3.8) is 0 Å². The van der Waals surface area contributed by atoms with Crippen molar-refractivity contribution in [3.05, 3.63) is 0 Å². The highest BCUT2D eigenvalue weighted by atomic mass is 32.2. The van der Waals surface area contributed by atoms with E-state index < -0.39 is 62.7 Å². The number of rotatable bonds is 6. The number of aliphatic hydroxyl groups excluding tert-OH is 1. The number of nitrogens with one attached hydrogen (secondary N) is 1. The molecule has 1 heterocycles. The van der Waals surface area contributed by atoms with Crippen LogP contribution in [0.2, 0.25) is 0 Å². The summed E-state index contributed by atoms with van der Waals surface area (Å²) in [5, 5.41) is 49.2. The van der Waals surface area contributed by atoms with E-state index >= 15 is 0 Å². The summed E-state index contributed by atoms with van der Waals surface area (Å²) in [7, 11) is 0. The molecule has 1 rings (SSSR count). The van der Waals surface area contributed by atoms with Crippen LogP contribution in [-0.4, -0.2) is 83.2 Å². The SMILES string of the molecule is CC(=O)[C@]1(O)[C@](O)(C(C)=O)[C@@H](C(=O)C(C)O)O[C@@H](SC(=N)N)[C@@]1(O)C(C)=O. The molecule has 0 aromatic heterocycles. The molecule has 0 saturated carbocycles. The summed E-state index contributed by atoms with van der Waals surface area (Å²) in [6.07, 6.45) is -4.14. The second-order valence-electron chi connectivity index (χ2n) is 6.32. The van der Waals surface area contributed by atoms with Crippen LogP contribution in [0.25, 0.3) is 0 Å². The predicted octanol–water partition coefficient (Wildman–Crippen LogP) is -2.75. The number of hydrogen-bond donors (Lipinski definition) is 6. The van der Waals surface area contributed by atoms with Gasteiger partial charge < -0.3 is 30.9 Å². The number of carbonyl (C=O) groups excluding carboxylic acids is 4. The minimum Gasteiger partial charge on any atom is -0.386 e. The van der Waals surface area contributed by atoms with Crippen LogP contribution in [-0.2, 0) is 23.9 Å². The molecule has 0 radical (unpaired) electrons. The quantitative estimate of drug-likeness (QED) is 0.197. The highest BCUT2D eigenvalue weighted by Gasteiger charge is 2.79. The normalized spacial score (nSPS) is 37.3. The van der Waals surface area contributed by atoms with Gasteiger partial charge in [-0.3, -0.25) is 24.6 Å². The van der Waals surface area contributed by atoms with Gasteiger partial charge in [0.1, 0.15) is 6.10 Å². The molecule has 1 unspecified atom stereocenters. The van der Waals surface area contributed by atoms with E-state index in [2.05, 4.69) is 0 Å². The number of Topliss-reactive ketones (excluding diaryl/α,β-unsaturated/α-hetero) is 4. The van der Waals surface area contributed by atoms with Gasteiger partial charge in [0.2, 0.25) is 5.60 Å². The zero-order valence-corrected chi connectivity index (χ0v) is 15.9. The first-order chi connectivity index (χ1) is 12.1. The molecule has 1 aliphatic rings. The third-order valence-electron chi connectivity index (χ3n) is 4.57. The summed E-state index contributed by atoms with van der Waals surface area (Å²) in [4.78, 5) is 49.2. The monoisotopic (exact) mass is 406 g/mol. The fourth-order valence-electron chi connectivity index (χ4n) is 3.09. The zero-order chi connectivity index (χ0) is 21.5. The van der Waals surface area contributed by atoms with Crippen LogP contribution in [0.4, 0.5) is 0 Å². The first kappa shape index (κ1) is 23.3. The van der Waals surface area contributed by atoms with Gasteiger partial charge >= 0.3 is 0 Å². The van der Waals surface area contributed by atoms with Gasteiger partial charge in [-0.25, -0.2) is 0 Å².